The topological polar surface area (TPSA) is 98.5 Å². The van der Waals surface area contributed by atoms with E-state index in [-0.39, 0.29) is 47.2 Å². The summed E-state index contributed by atoms with van der Waals surface area (Å²) >= 11 is 0. The van der Waals surface area contributed by atoms with Gasteiger partial charge < -0.3 is 19.9 Å². The molecule has 7 nitrogen and oxygen atoms in total. The van der Waals surface area contributed by atoms with E-state index in [1.54, 1.807) is 6.92 Å². The number of hydrogen-bond acceptors (Lipinski definition) is 5. The van der Waals surface area contributed by atoms with Crippen molar-refractivity contribution < 1.29 is 49.4 Å². The van der Waals surface area contributed by atoms with Crippen LogP contribution in [0.3, 0.4) is 0 Å². The third-order valence-corrected chi connectivity index (χ3v) is 4.65. The van der Waals surface area contributed by atoms with Crippen molar-refractivity contribution in [1.82, 2.24) is 14.7 Å². The maximum Gasteiger partial charge on any atom is 1.00 e. The van der Waals surface area contributed by atoms with Crippen LogP contribution < -0.4 is 34.7 Å². The number of carbonyl (C=O) groups excluding carboxylic acids is 2. The van der Waals surface area contributed by atoms with Crippen molar-refractivity contribution in [1.29, 1.82) is 0 Å². The second kappa shape index (κ2) is 7.00. The molecule has 0 aliphatic carbocycles. The molecule has 0 aromatic carbocycles. The molecule has 0 radical (unpaired) electrons. The van der Waals surface area contributed by atoms with Gasteiger partial charge in [-0.1, -0.05) is 6.92 Å². The van der Waals surface area contributed by atoms with Crippen molar-refractivity contribution in [2.45, 2.75) is 52.3 Å². The summed E-state index contributed by atoms with van der Waals surface area (Å²) in [6.07, 6.45) is 0.504. The van der Waals surface area contributed by atoms with Crippen LogP contribution in [-0.4, -0.2) is 43.8 Å². The van der Waals surface area contributed by atoms with Crippen LogP contribution in [0, 0.1) is 12.8 Å². The Bertz CT molecular complexity index is 710. The van der Waals surface area contributed by atoms with E-state index in [0.29, 0.717) is 17.7 Å². The molecule has 1 fully saturated rings. The van der Waals surface area contributed by atoms with Crippen molar-refractivity contribution in [2.75, 3.05) is 0 Å². The van der Waals surface area contributed by atoms with Crippen molar-refractivity contribution in [2.24, 2.45) is 5.92 Å². The number of nitrogens with zero attached hydrogens (tertiary/aromatic N) is 3. The molecule has 1 saturated heterocycles. The molecule has 2 aliphatic rings. The SMILES string of the molecule is CCCn1nc(C2=C(C(=O)[O-])N3C(=O)[C@H]([C@@H](C)O)[C@H]3C2)cc1C.[Na+]. The van der Waals surface area contributed by atoms with Gasteiger partial charge in [0.1, 0.15) is 0 Å². The van der Waals surface area contributed by atoms with Gasteiger partial charge in [0.2, 0.25) is 5.91 Å². The third-order valence-electron chi connectivity index (χ3n) is 4.65. The van der Waals surface area contributed by atoms with Gasteiger partial charge in [-0.15, -0.1) is 0 Å². The van der Waals surface area contributed by atoms with Crippen LogP contribution in [0.2, 0.25) is 0 Å². The van der Waals surface area contributed by atoms with Crippen LogP contribution in [0.25, 0.3) is 5.57 Å². The Morgan fingerprint density at radius 3 is 2.75 bits per heavy atom. The molecule has 1 aromatic rings. The molecule has 3 atom stereocenters. The Morgan fingerprint density at radius 1 is 1.54 bits per heavy atom. The maximum absolute atomic E-state index is 12.2. The fourth-order valence-corrected chi connectivity index (χ4v) is 3.58. The predicted molar refractivity (Wildman–Crippen MR) is 79.6 cm³/mol. The minimum atomic E-state index is -1.37. The molecule has 1 aromatic heterocycles. The van der Waals surface area contributed by atoms with E-state index in [2.05, 4.69) is 5.10 Å². The number of carboxylic acid groups (broad SMARTS) is 1. The Morgan fingerprint density at radius 2 is 2.21 bits per heavy atom. The van der Waals surface area contributed by atoms with Crippen LogP contribution in [-0.2, 0) is 16.1 Å². The van der Waals surface area contributed by atoms with Crippen molar-refractivity contribution in [3.8, 4) is 0 Å². The number of aliphatic hydroxyl groups excluding tert-OH is 1. The van der Waals surface area contributed by atoms with Gasteiger partial charge in [-0.05, 0) is 32.8 Å². The van der Waals surface area contributed by atoms with Crippen LogP contribution in [0.1, 0.15) is 38.1 Å². The van der Waals surface area contributed by atoms with E-state index in [1.807, 2.05) is 24.6 Å². The summed E-state index contributed by atoms with van der Waals surface area (Å²) in [6, 6.07) is 1.52. The molecule has 0 unspecified atom stereocenters. The molecule has 124 valence electrons. The summed E-state index contributed by atoms with van der Waals surface area (Å²) in [5, 5.41) is 25.8. The predicted octanol–water partition coefficient (Wildman–Crippen LogP) is -3.32. The second-order valence-corrected chi connectivity index (χ2v) is 6.25. The number of aliphatic hydroxyl groups is 1. The molecule has 24 heavy (non-hydrogen) atoms. The summed E-state index contributed by atoms with van der Waals surface area (Å²) in [6.45, 7) is 6.26. The molecule has 0 bridgehead atoms. The molecular weight excluding hydrogens is 321 g/mol. The second-order valence-electron chi connectivity index (χ2n) is 6.25. The molecule has 0 spiro atoms. The first-order valence-electron chi connectivity index (χ1n) is 7.87. The number of aliphatic carboxylic acids is 1. The van der Waals surface area contributed by atoms with E-state index in [4.69, 9.17) is 0 Å². The Labute approximate surface area is 162 Å². The number of carbonyl (C=O) groups is 2. The first-order chi connectivity index (χ1) is 10.9. The van der Waals surface area contributed by atoms with E-state index in [9.17, 15) is 19.8 Å². The molecule has 1 amide bonds. The van der Waals surface area contributed by atoms with Crippen LogP contribution >= 0.6 is 0 Å². The van der Waals surface area contributed by atoms with E-state index < -0.39 is 18.0 Å². The molecule has 3 rings (SSSR count). The quantitative estimate of drug-likeness (QED) is 0.446. The zero-order chi connectivity index (χ0) is 16.9. The Balaban J connectivity index is 0.00000208. The van der Waals surface area contributed by atoms with Crippen molar-refractivity contribution in [3.05, 3.63) is 23.2 Å². The monoisotopic (exact) mass is 341 g/mol. The molecule has 0 saturated carbocycles. The summed E-state index contributed by atoms with van der Waals surface area (Å²) in [7, 11) is 0. The number of aromatic nitrogens is 2. The van der Waals surface area contributed by atoms with Gasteiger partial charge in [-0.25, -0.2) is 0 Å². The first-order valence-corrected chi connectivity index (χ1v) is 7.87. The number of aryl methyl sites for hydroxylation is 2. The average molecular weight is 341 g/mol. The van der Waals surface area contributed by atoms with Crippen molar-refractivity contribution in [3.63, 3.8) is 0 Å². The van der Waals surface area contributed by atoms with Gasteiger partial charge >= 0.3 is 29.6 Å². The van der Waals surface area contributed by atoms with Gasteiger partial charge in [0, 0.05) is 17.8 Å². The number of amides is 1. The van der Waals surface area contributed by atoms with Crippen LogP contribution in [0.5, 0.6) is 0 Å². The first kappa shape index (κ1) is 19.2. The molecule has 2 aliphatic heterocycles. The fraction of sp³-hybridized carbons (Fsp3) is 0.562. The van der Waals surface area contributed by atoms with E-state index >= 15 is 0 Å². The number of fused-ring (bicyclic) bond motifs is 1. The Hall–Kier alpha value is -1.15. The average Bonchev–Trinajstić information content (AvgIpc) is 2.98. The third kappa shape index (κ3) is 2.83. The minimum absolute atomic E-state index is 0. The normalized spacial score (nSPS) is 23.7. The summed E-state index contributed by atoms with van der Waals surface area (Å²) in [4.78, 5) is 25.0. The largest absolute Gasteiger partial charge is 1.00 e. The standard InChI is InChI=1S/C16H21N3O4.Na/c1-4-5-18-8(2)6-11(17-18)10-7-12-13(9(3)20)15(21)19(12)14(10)16(22)23;/h6,9,12-13,20H,4-5,7H2,1-3H3,(H,22,23);/q;+1/p-1/t9-,12-,13-;/m1./s1. The zero-order valence-corrected chi connectivity index (χ0v) is 16.4. The maximum atomic E-state index is 12.2. The number of rotatable bonds is 5. The summed E-state index contributed by atoms with van der Waals surface area (Å²) in [5.41, 5.74) is 1.93. The van der Waals surface area contributed by atoms with Crippen LogP contribution in [0.4, 0.5) is 0 Å². The molecule has 1 N–H and O–H groups in total. The summed E-state index contributed by atoms with van der Waals surface area (Å²) < 4.78 is 1.83. The smallest absolute Gasteiger partial charge is 0.543 e. The van der Waals surface area contributed by atoms with Gasteiger partial charge in [-0.2, -0.15) is 5.10 Å². The van der Waals surface area contributed by atoms with Gasteiger partial charge in [0.25, 0.3) is 0 Å². The molecule has 3 heterocycles. The van der Waals surface area contributed by atoms with E-state index in [0.717, 1.165) is 18.7 Å². The fourth-order valence-electron chi connectivity index (χ4n) is 3.58. The molecule has 8 heteroatoms. The number of carboxylic acids is 1. The van der Waals surface area contributed by atoms with Gasteiger partial charge in [0.05, 0.1) is 35.4 Å². The van der Waals surface area contributed by atoms with Crippen LogP contribution in [0.15, 0.2) is 11.8 Å². The molecular formula is C16H20N3NaO4. The Kier molecular flexibility index (Phi) is 5.59. The minimum Gasteiger partial charge on any atom is -0.543 e. The van der Waals surface area contributed by atoms with Gasteiger partial charge in [-0.3, -0.25) is 9.48 Å². The number of β-lactam (4-membered cyclic amide) rings is 1. The van der Waals surface area contributed by atoms with Crippen molar-refractivity contribution >= 4 is 17.4 Å². The number of hydrogen-bond donors (Lipinski definition) is 1. The van der Waals surface area contributed by atoms with E-state index in [1.165, 1.54) is 4.90 Å². The van der Waals surface area contributed by atoms with Gasteiger partial charge in [0.15, 0.2) is 0 Å². The summed E-state index contributed by atoms with van der Waals surface area (Å²) in [5.74, 6) is -2.29. The zero-order valence-electron chi connectivity index (χ0n) is 14.4.